The van der Waals surface area contributed by atoms with Crippen LogP contribution in [0.4, 0.5) is 0 Å². The van der Waals surface area contributed by atoms with Crippen LogP contribution < -0.4 is 57.3 Å². The molecule has 6 fully saturated rings. The summed E-state index contributed by atoms with van der Waals surface area (Å²) in [7, 11) is -30.5. The minimum atomic E-state index is -4.62. The van der Waals surface area contributed by atoms with Crippen LogP contribution in [0.5, 0.6) is 0 Å². The molecule has 74 heteroatoms. The van der Waals surface area contributed by atoms with Crippen molar-refractivity contribution in [1.29, 1.82) is 0 Å². The maximum absolute atomic E-state index is 13.1. The highest BCUT2D eigenvalue weighted by atomic mass is 32.2. The maximum Gasteiger partial charge on any atom is 0.451 e. The molecule has 0 aromatic rings. The van der Waals surface area contributed by atoms with Gasteiger partial charge in [0.15, 0.2) is 24.2 Å². The summed E-state index contributed by atoms with van der Waals surface area (Å²) in [5, 5.41) is 182. The Morgan fingerprint density at radius 1 is 0.333 bits per heavy atom. The van der Waals surface area contributed by atoms with Crippen molar-refractivity contribution < 1.29 is 211 Å². The SMILES string of the molecule is CC(C)N(C(=O)C(N)C(=O)O)S(=O)(=O)N1C[C@H](CCCB(O)O)[C@](N)(C(=O)O)C1.CCCCN(CC(N)C(=O)O)S(=O)(=O)N1C[C@H](CCCB(O)O)[C@](N)(C(=O)O)C1.CCCN(C(=O)C(N)C(=O)O)S(=O)(=O)N1C[C@H](CCCB(O)O)[C@](N)(C(=O)O)C1.CCN(C(=O)C(N)C(=O)O)S(=O)(=O)N1C[C@H](CCCB(O)O)[C@](N)(C(=O)O)C1.NC(C(=O)O)C(=O)N(C1CC1)S(=O)(=O)N1C[C@H](CCCB(O)O)[C@](N)(C(=O)O)C1. The minimum Gasteiger partial charge on any atom is -0.480 e. The second kappa shape index (κ2) is 55.2. The lowest BCUT2D eigenvalue weighted by atomic mass is 9.78. The largest absolute Gasteiger partial charge is 0.480 e. The van der Waals surface area contributed by atoms with E-state index in [0.29, 0.717) is 47.2 Å². The number of carbonyl (C=O) groups is 14. The Bertz CT molecular complexity index is 4950. The van der Waals surface area contributed by atoms with E-state index in [4.69, 9.17) is 133 Å². The number of unbranched alkanes of at least 4 members (excludes halogenated alkanes) is 1. The molecule has 0 spiro atoms. The summed E-state index contributed by atoms with van der Waals surface area (Å²) in [6, 6.07) is -11.5. The van der Waals surface area contributed by atoms with Gasteiger partial charge in [-0.3, -0.25) is 47.9 Å². The fourth-order valence-electron chi connectivity index (χ4n) is 16.1. The molecule has 1 aliphatic carbocycles. The number of rotatable bonds is 54. The number of aliphatic carboxylic acids is 10. The van der Waals surface area contributed by atoms with Gasteiger partial charge in [-0.2, -0.15) is 67.9 Å². The number of hydrogen-bond acceptors (Lipinski definition) is 44. The molecule has 0 aromatic heterocycles. The van der Waals surface area contributed by atoms with Crippen molar-refractivity contribution in [3.05, 3.63) is 0 Å². The van der Waals surface area contributed by atoms with Gasteiger partial charge < -0.3 is 159 Å². The van der Waals surface area contributed by atoms with Crippen LogP contribution in [0.3, 0.4) is 0 Å². The number of amides is 4. The summed E-state index contributed by atoms with van der Waals surface area (Å²) in [4.78, 5) is 163. The number of carboxylic acid groups (broad SMARTS) is 10. The number of hydrogen-bond donors (Lipinski definition) is 30. The first-order chi connectivity index (χ1) is 65.9. The fourth-order valence-corrected chi connectivity index (χ4v) is 25.1. The average Bonchev–Trinajstić information content (AvgIpc) is 1.57. The van der Waals surface area contributed by atoms with Gasteiger partial charge in [0.05, 0.1) is 0 Å². The lowest BCUT2D eigenvalue weighted by molar-refractivity contribution is -0.146. The van der Waals surface area contributed by atoms with Crippen molar-refractivity contribution in [3.8, 4) is 0 Å². The summed E-state index contributed by atoms with van der Waals surface area (Å²) in [6.45, 7) is 1.75. The summed E-state index contributed by atoms with van der Waals surface area (Å²) in [6.07, 6.45) is 3.40. The second-order valence-corrected chi connectivity index (χ2v) is 44.9. The minimum absolute atomic E-state index is 0.00897. The van der Waals surface area contributed by atoms with Gasteiger partial charge in [-0.1, -0.05) is 52.4 Å². The van der Waals surface area contributed by atoms with E-state index in [1.165, 1.54) is 20.8 Å². The first-order valence-electron chi connectivity index (χ1n) is 44.8. The Morgan fingerprint density at radius 2 is 0.583 bits per heavy atom. The van der Waals surface area contributed by atoms with Crippen LogP contribution in [0, 0.1) is 29.6 Å². The van der Waals surface area contributed by atoms with Gasteiger partial charge in [-0.15, -0.1) is 0 Å². The molecule has 15 atom stereocenters. The van der Waals surface area contributed by atoms with E-state index in [0.717, 1.165) is 17.2 Å². The predicted octanol–water partition coefficient (Wildman–Crippen LogP) is -15.5. The molecule has 5 aliphatic heterocycles. The van der Waals surface area contributed by atoms with Gasteiger partial charge in [-0.25, -0.2) is 36.4 Å². The average molecular weight is 2180 g/mol. The molecule has 0 aromatic carbocycles. The Labute approximate surface area is 830 Å². The molecule has 4 amide bonds. The second-order valence-electron chi connectivity index (χ2n) is 35.7. The Kier molecular flexibility index (Phi) is 50.5. The van der Waals surface area contributed by atoms with E-state index in [1.54, 1.807) is 6.92 Å². The fraction of sp³-hybridized carbons (Fsp3) is 0.800. The van der Waals surface area contributed by atoms with Gasteiger partial charge >= 0.3 is 136 Å². The van der Waals surface area contributed by atoms with Gasteiger partial charge in [0.25, 0.3) is 33.8 Å². The highest BCUT2D eigenvalue weighted by Crippen LogP contribution is 2.41. The van der Waals surface area contributed by atoms with Crippen molar-refractivity contribution in [2.45, 2.75) is 233 Å². The monoisotopic (exact) mass is 2170 g/mol. The van der Waals surface area contributed by atoms with E-state index in [9.17, 15) is 135 Å². The zero-order valence-corrected chi connectivity index (χ0v) is 83.5. The highest BCUT2D eigenvalue weighted by molar-refractivity contribution is 7.88. The van der Waals surface area contributed by atoms with Crippen LogP contribution in [0.25, 0.3) is 0 Å². The molecular weight excluding hydrogens is 2040 g/mol. The van der Waals surface area contributed by atoms with Crippen molar-refractivity contribution >= 4 is 170 Å². The highest BCUT2D eigenvalue weighted by Gasteiger charge is 2.61. The van der Waals surface area contributed by atoms with Crippen molar-refractivity contribution in [3.63, 3.8) is 0 Å². The molecule has 40 N–H and O–H groups in total. The van der Waals surface area contributed by atoms with Crippen LogP contribution in [0.1, 0.15) is 131 Å². The van der Waals surface area contributed by atoms with Crippen LogP contribution in [0.15, 0.2) is 0 Å². The number of nitrogens with two attached hydrogens (primary N) is 10. The van der Waals surface area contributed by atoms with Crippen LogP contribution in [0.2, 0.25) is 31.6 Å². The Balaban J connectivity index is 0.000000608. The maximum atomic E-state index is 13.1. The third-order valence-electron chi connectivity index (χ3n) is 24.6. The lowest BCUT2D eigenvalue weighted by Gasteiger charge is -2.31. The smallest absolute Gasteiger partial charge is 0.451 e. The molecule has 6 aliphatic rings. The standard InChI is InChI=1S/C15H31BN4O8S.C14H25BN4O9S.2C14H27BN4O9S.C13H25BN4O9S/c1-2-3-7-19(9-12(17)13(21)22)29(27,28)20-8-11(5-4-6-16(25)26)15(18,10-20)14(23)24;16-10(12(21)22)11(20)19(9-3-4-9)29(27,28)18-6-8(2-1-5-15(25)26)14(17,7-18)13(23)24;1-8(2)19(11(20)10(16)12(21)22)29(27,28)18-6-9(4-3-5-15(25)26)14(17,7-18)13(23)24;1-2-6-19(11(20)10(16)12(21)22)29(27,28)18-7-9(4-3-5-15(25)26)14(17,8-18)13(23)24;1-2-18(10(19)9(15)11(20)21)28(26,27)17-6-8(4-3-5-14(24)25)13(16,7-17)12(22)23/h11-12,25-26H,2-10,17-18H2,1H3,(H,21,22)(H,23,24);8-10,25-26H,1-7,16-17H2,(H,21,22)(H,23,24);8-10,25-26H,3-7,16-17H2,1-2H3,(H,21,22)(H,23,24);9-10,25-26H,2-8,16-17H2,1H3,(H,21,22)(H,23,24);8-9,24-25H,2-7,15-16H2,1H3,(H,20,21)(H,22,23)/t11-,12?,15-;8-,10?,14-;2*9-,10?,14-;8-,9?,13-/m00000/s1. The Hall–Kier alpha value is -8.39. The summed E-state index contributed by atoms with van der Waals surface area (Å²) in [5.41, 5.74) is 46.8. The van der Waals surface area contributed by atoms with E-state index >= 15 is 0 Å². The molecule has 824 valence electrons. The number of carbonyl (C=O) groups excluding carboxylic acids is 4. The zero-order valence-electron chi connectivity index (χ0n) is 79.4. The first kappa shape index (κ1) is 132. The topological polar surface area (TPSA) is 1110 Å². The summed E-state index contributed by atoms with van der Waals surface area (Å²) in [5.74, 6) is -24.8. The van der Waals surface area contributed by atoms with Gasteiger partial charge in [-0.05, 0) is 110 Å². The molecule has 5 heterocycles. The number of likely N-dealkylation sites (N-methyl/N-ethyl adjacent to an activating group) is 1. The van der Waals surface area contributed by atoms with Gasteiger partial charge in [0.1, 0.15) is 33.7 Å². The predicted molar refractivity (Wildman–Crippen MR) is 500 cm³/mol. The number of carboxylic acids is 10. The quantitative estimate of drug-likeness (QED) is 0.0199. The molecule has 0 radical (unpaired) electrons. The van der Waals surface area contributed by atoms with Crippen molar-refractivity contribution in [1.82, 2.24) is 43.1 Å². The number of nitrogens with zero attached hydrogens (tertiary/aromatic N) is 10. The molecule has 5 saturated heterocycles. The Morgan fingerprint density at radius 3 is 0.819 bits per heavy atom. The molecule has 5 unspecified atom stereocenters. The van der Waals surface area contributed by atoms with E-state index in [1.807, 2.05) is 6.92 Å². The van der Waals surface area contributed by atoms with Crippen molar-refractivity contribution in [2.24, 2.45) is 86.9 Å². The lowest BCUT2D eigenvalue weighted by Crippen LogP contribution is -2.58. The molecule has 64 nitrogen and oxygen atoms in total. The summed E-state index contributed by atoms with van der Waals surface area (Å²) >= 11 is 0. The van der Waals surface area contributed by atoms with Gasteiger partial charge in [0.2, 0.25) is 0 Å². The third-order valence-corrected chi connectivity index (χ3v) is 34.3. The van der Waals surface area contributed by atoms with Gasteiger partial charge in [0, 0.05) is 133 Å². The third kappa shape index (κ3) is 34.1. The molecule has 0 bridgehead atoms. The van der Waals surface area contributed by atoms with Crippen LogP contribution >= 0.6 is 0 Å². The summed E-state index contributed by atoms with van der Waals surface area (Å²) < 4.78 is 136. The van der Waals surface area contributed by atoms with E-state index in [-0.39, 0.29) is 152 Å². The molecule has 6 rings (SSSR count). The molecule has 1 saturated carbocycles. The first-order valence-corrected chi connectivity index (χ1v) is 51.8. The van der Waals surface area contributed by atoms with E-state index in [2.05, 4.69) is 0 Å². The molecular formula is C70H135B5N20O44S5. The normalized spacial score (nSPS) is 24.3. The van der Waals surface area contributed by atoms with E-state index < -0.39 is 315 Å². The van der Waals surface area contributed by atoms with Crippen LogP contribution in [-0.4, -0.2) is 467 Å². The van der Waals surface area contributed by atoms with Crippen molar-refractivity contribution in [2.75, 3.05) is 91.6 Å². The van der Waals surface area contributed by atoms with Crippen LogP contribution in [-0.2, 0) is 118 Å². The zero-order chi connectivity index (χ0) is 112. The molecule has 144 heavy (non-hydrogen) atoms.